The van der Waals surface area contributed by atoms with Gasteiger partial charge in [-0.2, -0.15) is 0 Å². The highest BCUT2D eigenvalue weighted by atomic mass is 16.5. The van der Waals surface area contributed by atoms with Gasteiger partial charge in [-0.25, -0.2) is 0 Å². The Bertz CT molecular complexity index is 486. The lowest BCUT2D eigenvalue weighted by atomic mass is 10.0. The van der Waals surface area contributed by atoms with Crippen LogP contribution in [0.15, 0.2) is 18.2 Å². The number of benzene rings is 1. The van der Waals surface area contributed by atoms with E-state index in [2.05, 4.69) is 0 Å². The van der Waals surface area contributed by atoms with E-state index in [9.17, 15) is 4.79 Å². The van der Waals surface area contributed by atoms with E-state index >= 15 is 0 Å². The molecule has 0 spiro atoms. The largest absolute Gasteiger partial charge is 0.484 e. The molecule has 1 heterocycles. The van der Waals surface area contributed by atoms with Gasteiger partial charge < -0.3 is 20.1 Å². The molecule has 0 saturated heterocycles. The Hall–Kier alpha value is -1.75. The van der Waals surface area contributed by atoms with E-state index in [0.717, 1.165) is 17.0 Å². The van der Waals surface area contributed by atoms with Crippen LogP contribution in [0.1, 0.15) is 19.4 Å². The fourth-order valence-corrected chi connectivity index (χ4v) is 2.26. The minimum absolute atomic E-state index is 0.220. The Kier molecular flexibility index (Phi) is 3.66. The second-order valence-corrected chi connectivity index (χ2v) is 5.30. The summed E-state index contributed by atoms with van der Waals surface area (Å²) in [6, 6.07) is 5.82. The quantitative estimate of drug-likeness (QED) is 0.834. The van der Waals surface area contributed by atoms with Crippen molar-refractivity contribution in [1.82, 2.24) is 0 Å². The van der Waals surface area contributed by atoms with E-state index < -0.39 is 0 Å². The van der Waals surface area contributed by atoms with Crippen LogP contribution in [-0.4, -0.2) is 31.8 Å². The molecular weight excluding hydrogens is 244 g/mol. The summed E-state index contributed by atoms with van der Waals surface area (Å²) in [4.78, 5) is 13.5. The van der Waals surface area contributed by atoms with Crippen molar-refractivity contribution in [3.63, 3.8) is 0 Å². The highest BCUT2D eigenvalue weighted by Crippen LogP contribution is 2.37. The lowest BCUT2D eigenvalue weighted by molar-refractivity contribution is -0.139. The van der Waals surface area contributed by atoms with Crippen molar-refractivity contribution in [3.8, 4) is 5.75 Å². The Morgan fingerprint density at radius 1 is 1.53 bits per heavy atom. The summed E-state index contributed by atoms with van der Waals surface area (Å²) >= 11 is 0. The summed E-state index contributed by atoms with van der Waals surface area (Å²) in [5, 5.41) is 0. The van der Waals surface area contributed by atoms with Gasteiger partial charge in [-0.3, -0.25) is 4.79 Å². The third kappa shape index (κ3) is 2.98. The predicted molar refractivity (Wildman–Crippen MR) is 73.3 cm³/mol. The maximum absolute atomic E-state index is 11.5. The van der Waals surface area contributed by atoms with Crippen molar-refractivity contribution < 1.29 is 14.3 Å². The number of nitrogens with zero attached hydrogens (tertiary/aromatic N) is 1. The molecule has 1 aromatic carbocycles. The molecule has 0 atom stereocenters. The summed E-state index contributed by atoms with van der Waals surface area (Å²) in [5.41, 5.74) is 7.20. The summed E-state index contributed by atoms with van der Waals surface area (Å²) in [5.74, 6) is 0.509. The van der Waals surface area contributed by atoms with Crippen molar-refractivity contribution in [2.75, 3.05) is 25.1 Å². The predicted octanol–water partition coefficient (Wildman–Crippen LogP) is 1.30. The highest BCUT2D eigenvalue weighted by Gasteiger charge is 2.32. The summed E-state index contributed by atoms with van der Waals surface area (Å²) in [6.07, 6.45) is 0. The van der Waals surface area contributed by atoms with Gasteiger partial charge >= 0.3 is 5.97 Å². The number of ether oxygens (including phenoxy) is 2. The third-order valence-electron chi connectivity index (χ3n) is 3.11. The molecule has 1 aliphatic rings. The van der Waals surface area contributed by atoms with Crippen LogP contribution in [0.25, 0.3) is 0 Å². The SMILES string of the molecule is COC(=O)CN1CC(C)(C)Oc2cc(CN)ccc21. The van der Waals surface area contributed by atoms with Crippen molar-refractivity contribution in [2.45, 2.75) is 26.0 Å². The fourth-order valence-electron chi connectivity index (χ4n) is 2.26. The maximum Gasteiger partial charge on any atom is 0.325 e. The van der Waals surface area contributed by atoms with Crippen molar-refractivity contribution in [1.29, 1.82) is 0 Å². The van der Waals surface area contributed by atoms with Gasteiger partial charge in [0.25, 0.3) is 0 Å². The average molecular weight is 264 g/mol. The molecule has 0 aliphatic carbocycles. The number of carbonyl (C=O) groups excluding carboxylic acids is 1. The van der Waals surface area contributed by atoms with Gasteiger partial charge in [0.05, 0.1) is 19.3 Å². The minimum Gasteiger partial charge on any atom is -0.484 e. The molecule has 0 radical (unpaired) electrons. The normalized spacial score (nSPS) is 16.5. The topological polar surface area (TPSA) is 64.8 Å². The van der Waals surface area contributed by atoms with E-state index in [1.807, 2.05) is 36.9 Å². The van der Waals surface area contributed by atoms with Gasteiger partial charge in [0.15, 0.2) is 0 Å². The maximum atomic E-state index is 11.5. The molecule has 0 amide bonds. The molecule has 1 aromatic rings. The van der Waals surface area contributed by atoms with E-state index in [0.29, 0.717) is 13.1 Å². The van der Waals surface area contributed by atoms with Crippen LogP contribution >= 0.6 is 0 Å². The Morgan fingerprint density at radius 2 is 2.26 bits per heavy atom. The molecule has 19 heavy (non-hydrogen) atoms. The molecule has 5 heteroatoms. The standard InChI is InChI=1S/C14H20N2O3/c1-14(2)9-16(8-13(17)18-3)11-5-4-10(7-15)6-12(11)19-14/h4-6H,7-9,15H2,1-3H3. The number of esters is 1. The van der Waals surface area contributed by atoms with Gasteiger partial charge in [-0.1, -0.05) is 6.07 Å². The molecule has 0 aromatic heterocycles. The van der Waals surface area contributed by atoms with Crippen molar-refractivity contribution in [2.24, 2.45) is 5.73 Å². The zero-order chi connectivity index (χ0) is 14.0. The molecule has 0 fully saturated rings. The monoisotopic (exact) mass is 264 g/mol. The van der Waals surface area contributed by atoms with Crippen molar-refractivity contribution >= 4 is 11.7 Å². The van der Waals surface area contributed by atoms with Gasteiger partial charge in [-0.15, -0.1) is 0 Å². The molecule has 0 saturated carbocycles. The Morgan fingerprint density at radius 3 is 2.89 bits per heavy atom. The summed E-state index contributed by atoms with van der Waals surface area (Å²) in [7, 11) is 1.40. The molecule has 1 aliphatic heterocycles. The van der Waals surface area contributed by atoms with Crippen molar-refractivity contribution in [3.05, 3.63) is 23.8 Å². The Labute approximate surface area is 113 Å². The summed E-state index contributed by atoms with van der Waals surface area (Å²) in [6.45, 7) is 5.31. The molecular formula is C14H20N2O3. The Balaban J connectivity index is 2.34. The third-order valence-corrected chi connectivity index (χ3v) is 3.11. The van der Waals surface area contributed by atoms with Gasteiger partial charge in [0.1, 0.15) is 17.9 Å². The number of anilines is 1. The fraction of sp³-hybridized carbons (Fsp3) is 0.500. The zero-order valence-corrected chi connectivity index (χ0v) is 11.6. The minimum atomic E-state index is -0.353. The second-order valence-electron chi connectivity index (χ2n) is 5.30. The van der Waals surface area contributed by atoms with Crippen LogP contribution in [0.2, 0.25) is 0 Å². The van der Waals surface area contributed by atoms with Crippen LogP contribution in [0.3, 0.4) is 0 Å². The number of fused-ring (bicyclic) bond motifs is 1. The lowest BCUT2D eigenvalue weighted by Crippen LogP contribution is -2.48. The van der Waals surface area contributed by atoms with Crippen LogP contribution in [0.4, 0.5) is 5.69 Å². The van der Waals surface area contributed by atoms with E-state index in [-0.39, 0.29) is 18.1 Å². The first-order chi connectivity index (χ1) is 8.95. The number of hydrogen-bond acceptors (Lipinski definition) is 5. The van der Waals surface area contributed by atoms with Crippen LogP contribution in [-0.2, 0) is 16.1 Å². The molecule has 2 rings (SSSR count). The molecule has 0 unspecified atom stereocenters. The number of hydrogen-bond donors (Lipinski definition) is 1. The van der Waals surface area contributed by atoms with Gasteiger partial charge in [-0.05, 0) is 31.5 Å². The number of methoxy groups -OCH3 is 1. The number of carbonyl (C=O) groups is 1. The van der Waals surface area contributed by atoms with Crippen LogP contribution in [0, 0.1) is 0 Å². The van der Waals surface area contributed by atoms with Gasteiger partial charge in [0.2, 0.25) is 0 Å². The first-order valence-electron chi connectivity index (χ1n) is 6.29. The lowest BCUT2D eigenvalue weighted by Gasteiger charge is -2.40. The van der Waals surface area contributed by atoms with Gasteiger partial charge in [0, 0.05) is 6.54 Å². The molecule has 2 N–H and O–H groups in total. The number of nitrogens with two attached hydrogens (primary N) is 1. The first-order valence-corrected chi connectivity index (χ1v) is 6.29. The summed E-state index contributed by atoms with van der Waals surface area (Å²) < 4.78 is 10.7. The second kappa shape index (κ2) is 5.09. The van der Waals surface area contributed by atoms with E-state index in [1.54, 1.807) is 0 Å². The molecule has 0 bridgehead atoms. The highest BCUT2D eigenvalue weighted by molar-refractivity contribution is 5.77. The number of rotatable bonds is 3. The van der Waals surface area contributed by atoms with E-state index in [4.69, 9.17) is 15.2 Å². The average Bonchev–Trinajstić information content (AvgIpc) is 2.36. The molecule has 104 valence electrons. The van der Waals surface area contributed by atoms with E-state index in [1.165, 1.54) is 7.11 Å². The molecule has 5 nitrogen and oxygen atoms in total. The first kappa shape index (κ1) is 13.7. The van der Waals surface area contributed by atoms with Crippen LogP contribution < -0.4 is 15.4 Å². The zero-order valence-electron chi connectivity index (χ0n) is 11.6. The smallest absolute Gasteiger partial charge is 0.325 e. The van der Waals surface area contributed by atoms with Crippen LogP contribution in [0.5, 0.6) is 5.75 Å².